The molecule has 1 aliphatic rings. The number of ether oxygens (including phenoxy) is 1. The largest absolute Gasteiger partial charge is 0.488 e. The maximum atomic E-state index is 6.32. The van der Waals surface area contributed by atoms with Crippen LogP contribution in [0.3, 0.4) is 0 Å². The molecule has 2 aromatic rings. The van der Waals surface area contributed by atoms with Gasteiger partial charge in [-0.2, -0.15) is 0 Å². The minimum absolute atomic E-state index is 0.231. The Bertz CT molecular complexity index is 779. The summed E-state index contributed by atoms with van der Waals surface area (Å²) in [6.45, 7) is 12.4. The van der Waals surface area contributed by atoms with Crippen LogP contribution in [0.2, 0.25) is 0 Å². The molecule has 0 fully saturated rings. The lowest BCUT2D eigenvalue weighted by atomic mass is 10.1. The maximum Gasteiger partial charge on any atom is 0.160 e. The average molecular weight is 418 g/mol. The number of halogens is 1. The third-order valence-electron chi connectivity index (χ3n) is 4.92. The Balaban J connectivity index is 2.09. The quantitative estimate of drug-likeness (QED) is 0.656. The standard InChI is InChI=1S/C21H28BrN3O/c1-6-17(7-2)26-18-12-15(5)24-21-19(18)23-8-9-25(21)20-13(3)10-16(22)11-14(20)4/h10-12,17,23H,6-9H2,1-5H3. The Morgan fingerprint density at radius 1 is 1.15 bits per heavy atom. The number of hydrogen-bond acceptors (Lipinski definition) is 4. The normalized spacial score (nSPS) is 13.6. The summed E-state index contributed by atoms with van der Waals surface area (Å²) in [4.78, 5) is 7.20. The topological polar surface area (TPSA) is 37.4 Å². The molecule has 1 N–H and O–H groups in total. The van der Waals surface area contributed by atoms with Crippen LogP contribution in [0.15, 0.2) is 22.7 Å². The highest BCUT2D eigenvalue weighted by atomic mass is 79.9. The van der Waals surface area contributed by atoms with Crippen molar-refractivity contribution < 1.29 is 4.74 Å². The van der Waals surface area contributed by atoms with Crippen LogP contribution in [0.1, 0.15) is 43.5 Å². The summed E-state index contributed by atoms with van der Waals surface area (Å²) >= 11 is 3.60. The molecule has 1 aliphatic heterocycles. The van der Waals surface area contributed by atoms with Crippen LogP contribution in [0.25, 0.3) is 0 Å². The lowest BCUT2D eigenvalue weighted by Gasteiger charge is -2.34. The van der Waals surface area contributed by atoms with E-state index in [1.807, 2.05) is 6.92 Å². The lowest BCUT2D eigenvalue weighted by Crippen LogP contribution is -2.32. The summed E-state index contributed by atoms with van der Waals surface area (Å²) in [5, 5.41) is 3.52. The van der Waals surface area contributed by atoms with Crippen LogP contribution in [0.4, 0.5) is 17.2 Å². The fourth-order valence-corrected chi connectivity index (χ4v) is 4.35. The highest BCUT2D eigenvalue weighted by Crippen LogP contribution is 2.42. The highest BCUT2D eigenvalue weighted by Gasteiger charge is 2.26. The van der Waals surface area contributed by atoms with Gasteiger partial charge in [0.15, 0.2) is 5.82 Å². The van der Waals surface area contributed by atoms with Crippen molar-refractivity contribution in [2.24, 2.45) is 0 Å². The van der Waals surface area contributed by atoms with Gasteiger partial charge < -0.3 is 15.0 Å². The van der Waals surface area contributed by atoms with E-state index in [0.29, 0.717) is 0 Å². The van der Waals surface area contributed by atoms with Crippen molar-refractivity contribution in [1.82, 2.24) is 4.98 Å². The van der Waals surface area contributed by atoms with Gasteiger partial charge in [-0.25, -0.2) is 4.98 Å². The Morgan fingerprint density at radius 3 is 2.42 bits per heavy atom. The Hall–Kier alpha value is -1.75. The van der Waals surface area contributed by atoms with Gasteiger partial charge in [0.2, 0.25) is 0 Å². The van der Waals surface area contributed by atoms with E-state index in [0.717, 1.165) is 53.4 Å². The van der Waals surface area contributed by atoms with Gasteiger partial charge in [-0.05, 0) is 56.9 Å². The summed E-state index contributed by atoms with van der Waals surface area (Å²) < 4.78 is 7.43. The van der Waals surface area contributed by atoms with Crippen molar-refractivity contribution >= 4 is 33.1 Å². The minimum Gasteiger partial charge on any atom is -0.488 e. The number of fused-ring (bicyclic) bond motifs is 1. The van der Waals surface area contributed by atoms with E-state index in [1.165, 1.54) is 16.8 Å². The molecule has 3 rings (SSSR count). The number of aromatic nitrogens is 1. The van der Waals surface area contributed by atoms with E-state index >= 15 is 0 Å². The monoisotopic (exact) mass is 417 g/mol. The van der Waals surface area contributed by atoms with E-state index in [2.05, 4.69) is 72.0 Å². The lowest BCUT2D eigenvalue weighted by molar-refractivity contribution is 0.193. The van der Waals surface area contributed by atoms with Gasteiger partial charge >= 0.3 is 0 Å². The Labute approximate surface area is 165 Å². The van der Waals surface area contributed by atoms with Gasteiger partial charge in [0.25, 0.3) is 0 Å². The zero-order chi connectivity index (χ0) is 18.8. The Kier molecular flexibility index (Phi) is 5.76. The third kappa shape index (κ3) is 3.68. The Morgan fingerprint density at radius 2 is 1.81 bits per heavy atom. The molecule has 0 saturated heterocycles. The van der Waals surface area contributed by atoms with E-state index < -0.39 is 0 Å². The number of anilines is 3. The van der Waals surface area contributed by atoms with Crippen molar-refractivity contribution in [2.45, 2.75) is 53.6 Å². The number of pyridine rings is 1. The van der Waals surface area contributed by atoms with Crippen LogP contribution < -0.4 is 15.0 Å². The molecule has 0 spiro atoms. The summed E-state index contributed by atoms with van der Waals surface area (Å²) in [6.07, 6.45) is 2.23. The van der Waals surface area contributed by atoms with Crippen molar-refractivity contribution in [1.29, 1.82) is 0 Å². The molecule has 1 aromatic heterocycles. The van der Waals surface area contributed by atoms with Crippen LogP contribution in [0.5, 0.6) is 5.75 Å². The molecule has 1 aromatic carbocycles. The molecule has 140 valence electrons. The van der Waals surface area contributed by atoms with Gasteiger partial charge in [0.05, 0.1) is 6.10 Å². The molecule has 26 heavy (non-hydrogen) atoms. The summed E-state index contributed by atoms with van der Waals surface area (Å²) in [7, 11) is 0. The molecular weight excluding hydrogens is 390 g/mol. The first kappa shape index (κ1) is 19.0. The van der Waals surface area contributed by atoms with Crippen molar-refractivity contribution in [3.8, 4) is 5.75 Å². The fraction of sp³-hybridized carbons (Fsp3) is 0.476. The molecule has 0 unspecified atom stereocenters. The van der Waals surface area contributed by atoms with Crippen molar-refractivity contribution in [2.75, 3.05) is 23.3 Å². The summed E-state index contributed by atoms with van der Waals surface area (Å²) in [5.41, 5.74) is 5.72. The van der Waals surface area contributed by atoms with Crippen LogP contribution in [-0.4, -0.2) is 24.2 Å². The number of nitrogens with zero attached hydrogens (tertiary/aromatic N) is 2. The first-order valence-corrected chi connectivity index (χ1v) is 10.2. The SMILES string of the molecule is CCC(CC)Oc1cc(C)nc2c1NCCN2c1c(C)cc(Br)cc1C. The van der Waals surface area contributed by atoms with Crippen molar-refractivity contribution in [3.05, 3.63) is 39.5 Å². The van der Waals surface area contributed by atoms with Gasteiger partial charge in [-0.3, -0.25) is 0 Å². The van der Waals surface area contributed by atoms with Crippen molar-refractivity contribution in [3.63, 3.8) is 0 Å². The smallest absolute Gasteiger partial charge is 0.160 e. The van der Waals surface area contributed by atoms with Gasteiger partial charge in [0, 0.05) is 35.0 Å². The minimum atomic E-state index is 0.231. The number of nitrogens with one attached hydrogen (secondary N) is 1. The second-order valence-electron chi connectivity index (χ2n) is 6.98. The predicted octanol–water partition coefficient (Wildman–Crippen LogP) is 5.90. The van der Waals surface area contributed by atoms with Gasteiger partial charge in [-0.15, -0.1) is 0 Å². The second kappa shape index (κ2) is 7.87. The highest BCUT2D eigenvalue weighted by molar-refractivity contribution is 9.10. The molecule has 0 amide bonds. The van der Waals surface area contributed by atoms with Gasteiger partial charge in [-0.1, -0.05) is 29.8 Å². The molecule has 0 saturated carbocycles. The fourth-order valence-electron chi connectivity index (χ4n) is 3.66. The van der Waals surface area contributed by atoms with E-state index in [9.17, 15) is 0 Å². The number of rotatable bonds is 5. The third-order valence-corrected chi connectivity index (χ3v) is 5.37. The predicted molar refractivity (Wildman–Crippen MR) is 113 cm³/mol. The molecule has 0 bridgehead atoms. The average Bonchev–Trinajstić information content (AvgIpc) is 2.59. The van der Waals surface area contributed by atoms with Crippen LogP contribution in [-0.2, 0) is 0 Å². The molecular formula is C21H28BrN3O. The zero-order valence-corrected chi connectivity index (χ0v) is 17.9. The maximum absolute atomic E-state index is 6.32. The zero-order valence-electron chi connectivity index (χ0n) is 16.3. The van der Waals surface area contributed by atoms with Crippen LogP contribution >= 0.6 is 15.9 Å². The number of hydrogen-bond donors (Lipinski definition) is 1. The van der Waals surface area contributed by atoms with E-state index in [1.54, 1.807) is 0 Å². The van der Waals surface area contributed by atoms with Gasteiger partial charge in [0.1, 0.15) is 11.4 Å². The first-order chi connectivity index (χ1) is 12.4. The van der Waals surface area contributed by atoms with Crippen LogP contribution in [0, 0.1) is 20.8 Å². The molecule has 2 heterocycles. The molecule has 0 radical (unpaired) electrons. The molecule has 4 nitrogen and oxygen atoms in total. The molecule has 5 heteroatoms. The van der Waals surface area contributed by atoms with E-state index in [-0.39, 0.29) is 6.10 Å². The summed E-state index contributed by atoms with van der Waals surface area (Å²) in [5.74, 6) is 1.88. The first-order valence-electron chi connectivity index (χ1n) is 9.41. The number of benzene rings is 1. The molecule has 0 aliphatic carbocycles. The second-order valence-corrected chi connectivity index (χ2v) is 7.90. The molecule has 0 atom stereocenters. The number of aryl methyl sites for hydroxylation is 3. The van der Waals surface area contributed by atoms with E-state index in [4.69, 9.17) is 9.72 Å². The summed E-state index contributed by atoms with van der Waals surface area (Å²) in [6, 6.07) is 6.39.